The molecule has 0 fully saturated rings. The molecular formula is C14H16N2O3. The van der Waals surface area contributed by atoms with Crippen molar-refractivity contribution < 1.29 is 14.4 Å². The summed E-state index contributed by atoms with van der Waals surface area (Å²) < 4.78 is 0. The average molecular weight is 260 g/mol. The predicted octanol–water partition coefficient (Wildman–Crippen LogP) is 1.20. The Bertz CT molecular complexity index is 490. The van der Waals surface area contributed by atoms with E-state index in [-0.39, 0.29) is 17.7 Å². The van der Waals surface area contributed by atoms with Crippen molar-refractivity contribution in [3.63, 3.8) is 0 Å². The molecule has 0 bridgehead atoms. The lowest BCUT2D eigenvalue weighted by molar-refractivity contribution is -0.118. The molecular weight excluding hydrogens is 244 g/mol. The molecule has 0 saturated heterocycles. The molecule has 0 atom stereocenters. The van der Waals surface area contributed by atoms with Gasteiger partial charge in [-0.05, 0) is 25.0 Å². The molecule has 1 aliphatic heterocycles. The van der Waals surface area contributed by atoms with Crippen molar-refractivity contribution >= 4 is 17.7 Å². The zero-order chi connectivity index (χ0) is 13.8. The van der Waals surface area contributed by atoms with Crippen molar-refractivity contribution in [2.24, 2.45) is 0 Å². The van der Waals surface area contributed by atoms with Gasteiger partial charge in [-0.2, -0.15) is 0 Å². The minimum Gasteiger partial charge on any atom is -0.356 e. The second-order valence-electron chi connectivity index (χ2n) is 4.50. The van der Waals surface area contributed by atoms with Crippen LogP contribution in [0.1, 0.15) is 40.5 Å². The van der Waals surface area contributed by atoms with Crippen LogP contribution in [0.4, 0.5) is 0 Å². The highest BCUT2D eigenvalue weighted by Gasteiger charge is 2.34. The van der Waals surface area contributed by atoms with Crippen molar-refractivity contribution in [1.29, 1.82) is 0 Å². The summed E-state index contributed by atoms with van der Waals surface area (Å²) in [7, 11) is 0. The van der Waals surface area contributed by atoms with Crippen LogP contribution < -0.4 is 5.32 Å². The molecule has 5 nitrogen and oxygen atoms in total. The monoisotopic (exact) mass is 260 g/mol. The third-order valence-corrected chi connectivity index (χ3v) is 3.06. The summed E-state index contributed by atoms with van der Waals surface area (Å²) in [6.45, 7) is 2.43. The molecule has 5 heteroatoms. The van der Waals surface area contributed by atoms with Gasteiger partial charge >= 0.3 is 0 Å². The van der Waals surface area contributed by atoms with Crippen LogP contribution in [0, 0.1) is 0 Å². The lowest BCUT2D eigenvalue weighted by Gasteiger charge is -2.13. The fourth-order valence-electron chi connectivity index (χ4n) is 2.10. The molecule has 0 aliphatic carbocycles. The van der Waals surface area contributed by atoms with Crippen molar-refractivity contribution in [3.8, 4) is 0 Å². The predicted molar refractivity (Wildman–Crippen MR) is 69.7 cm³/mol. The third-order valence-electron chi connectivity index (χ3n) is 3.06. The van der Waals surface area contributed by atoms with Crippen LogP contribution in [0.2, 0.25) is 0 Å². The molecule has 1 N–H and O–H groups in total. The molecule has 2 rings (SSSR count). The Balaban J connectivity index is 1.88. The van der Waals surface area contributed by atoms with E-state index in [2.05, 4.69) is 5.32 Å². The van der Waals surface area contributed by atoms with E-state index in [0.29, 0.717) is 30.6 Å². The van der Waals surface area contributed by atoms with Gasteiger partial charge in [-0.3, -0.25) is 19.3 Å². The van der Waals surface area contributed by atoms with E-state index in [1.165, 1.54) is 11.8 Å². The number of nitrogens with zero attached hydrogens (tertiary/aromatic N) is 1. The molecule has 0 radical (unpaired) electrons. The van der Waals surface area contributed by atoms with Gasteiger partial charge in [0.2, 0.25) is 5.91 Å². The van der Waals surface area contributed by atoms with Crippen LogP contribution in [0.3, 0.4) is 0 Å². The summed E-state index contributed by atoms with van der Waals surface area (Å²) >= 11 is 0. The molecule has 1 heterocycles. The van der Waals surface area contributed by atoms with Crippen LogP contribution in [0.25, 0.3) is 0 Å². The Morgan fingerprint density at radius 2 is 1.68 bits per heavy atom. The van der Waals surface area contributed by atoms with E-state index in [1.807, 2.05) is 0 Å². The fraction of sp³-hybridized carbons (Fsp3) is 0.357. The van der Waals surface area contributed by atoms with Gasteiger partial charge in [-0.25, -0.2) is 0 Å². The number of carbonyl (C=O) groups excluding carboxylic acids is 3. The number of carbonyl (C=O) groups is 3. The van der Waals surface area contributed by atoms with Gasteiger partial charge in [-0.15, -0.1) is 0 Å². The minimum atomic E-state index is -0.222. The highest BCUT2D eigenvalue weighted by atomic mass is 16.2. The van der Waals surface area contributed by atoms with Crippen molar-refractivity contribution in [1.82, 2.24) is 10.2 Å². The molecule has 1 aromatic carbocycles. The highest BCUT2D eigenvalue weighted by Crippen LogP contribution is 2.22. The van der Waals surface area contributed by atoms with Crippen molar-refractivity contribution in [3.05, 3.63) is 35.4 Å². The van der Waals surface area contributed by atoms with Gasteiger partial charge in [0.1, 0.15) is 0 Å². The molecule has 0 aromatic heterocycles. The molecule has 1 aliphatic rings. The number of benzene rings is 1. The van der Waals surface area contributed by atoms with E-state index in [0.717, 1.165) is 6.42 Å². The Labute approximate surface area is 111 Å². The van der Waals surface area contributed by atoms with Gasteiger partial charge < -0.3 is 5.32 Å². The Kier molecular flexibility index (Phi) is 3.94. The Morgan fingerprint density at radius 3 is 2.21 bits per heavy atom. The number of hydrogen-bond acceptors (Lipinski definition) is 3. The van der Waals surface area contributed by atoms with E-state index < -0.39 is 0 Å². The minimum absolute atomic E-state index is 0.0688. The van der Waals surface area contributed by atoms with Gasteiger partial charge in [0.25, 0.3) is 11.8 Å². The normalized spacial score (nSPS) is 13.6. The summed E-state index contributed by atoms with van der Waals surface area (Å²) in [6, 6.07) is 6.86. The van der Waals surface area contributed by atoms with Crippen LogP contribution in [0.15, 0.2) is 24.3 Å². The smallest absolute Gasteiger partial charge is 0.261 e. The lowest BCUT2D eigenvalue weighted by Crippen LogP contribution is -2.31. The molecule has 19 heavy (non-hydrogen) atoms. The van der Waals surface area contributed by atoms with E-state index in [9.17, 15) is 14.4 Å². The topological polar surface area (TPSA) is 66.5 Å². The van der Waals surface area contributed by atoms with Crippen molar-refractivity contribution in [2.45, 2.75) is 19.8 Å². The number of amides is 3. The van der Waals surface area contributed by atoms with E-state index in [1.54, 1.807) is 24.3 Å². The van der Waals surface area contributed by atoms with Crippen molar-refractivity contribution in [2.75, 3.05) is 13.1 Å². The number of unbranched alkanes of at least 4 members (excludes halogenated alkanes) is 1. The second kappa shape index (κ2) is 5.65. The molecule has 3 amide bonds. The molecule has 0 saturated carbocycles. The van der Waals surface area contributed by atoms with Gasteiger partial charge in [-0.1, -0.05) is 12.1 Å². The summed E-state index contributed by atoms with van der Waals surface area (Å²) in [5.74, 6) is -0.513. The Morgan fingerprint density at radius 1 is 1.11 bits per heavy atom. The zero-order valence-corrected chi connectivity index (χ0v) is 10.8. The first-order valence-corrected chi connectivity index (χ1v) is 6.31. The highest BCUT2D eigenvalue weighted by molar-refractivity contribution is 6.21. The molecule has 0 spiro atoms. The van der Waals surface area contributed by atoms with E-state index in [4.69, 9.17) is 0 Å². The first-order chi connectivity index (χ1) is 9.11. The maximum atomic E-state index is 12.0. The number of rotatable bonds is 5. The van der Waals surface area contributed by atoms with E-state index >= 15 is 0 Å². The van der Waals surface area contributed by atoms with Crippen LogP contribution >= 0.6 is 0 Å². The maximum Gasteiger partial charge on any atom is 0.261 e. The van der Waals surface area contributed by atoms with Crippen LogP contribution in [-0.4, -0.2) is 35.7 Å². The van der Waals surface area contributed by atoms with Gasteiger partial charge in [0.15, 0.2) is 0 Å². The number of hydrogen-bond donors (Lipinski definition) is 1. The largest absolute Gasteiger partial charge is 0.356 e. The summed E-state index contributed by atoms with van der Waals surface area (Å²) in [5.41, 5.74) is 0.962. The fourth-order valence-corrected chi connectivity index (χ4v) is 2.10. The SMILES string of the molecule is CC(=O)NCCCCN1C(=O)c2ccccc2C1=O. The van der Waals surface area contributed by atoms with Crippen LogP contribution in [-0.2, 0) is 4.79 Å². The summed E-state index contributed by atoms with van der Waals surface area (Å²) in [6.07, 6.45) is 1.43. The first-order valence-electron chi connectivity index (χ1n) is 6.31. The Hall–Kier alpha value is -2.17. The summed E-state index contributed by atoms with van der Waals surface area (Å²) in [4.78, 5) is 36.0. The molecule has 100 valence electrons. The maximum absolute atomic E-state index is 12.0. The molecule has 0 unspecified atom stereocenters. The second-order valence-corrected chi connectivity index (χ2v) is 4.50. The number of imide groups is 1. The molecule has 1 aromatic rings. The van der Waals surface area contributed by atoms with Crippen LogP contribution in [0.5, 0.6) is 0 Å². The van der Waals surface area contributed by atoms with Gasteiger partial charge in [0, 0.05) is 20.0 Å². The standard InChI is InChI=1S/C14H16N2O3/c1-10(17)15-8-4-5-9-16-13(18)11-6-2-3-7-12(11)14(16)19/h2-3,6-7H,4-5,8-9H2,1H3,(H,15,17). The third kappa shape index (κ3) is 2.81. The first kappa shape index (κ1) is 13.3. The quantitative estimate of drug-likeness (QED) is 0.639. The zero-order valence-electron chi connectivity index (χ0n) is 10.8. The summed E-state index contributed by atoms with van der Waals surface area (Å²) in [5, 5.41) is 2.68. The van der Waals surface area contributed by atoms with Gasteiger partial charge in [0.05, 0.1) is 11.1 Å². The number of fused-ring (bicyclic) bond motifs is 1. The lowest BCUT2D eigenvalue weighted by atomic mass is 10.1. The number of nitrogens with one attached hydrogen (secondary N) is 1. The average Bonchev–Trinajstić information content (AvgIpc) is 2.63.